The van der Waals surface area contributed by atoms with Gasteiger partial charge >= 0.3 is 5.97 Å². The van der Waals surface area contributed by atoms with Crippen LogP contribution in [0.25, 0.3) is 0 Å². The van der Waals surface area contributed by atoms with Crippen LogP contribution >= 0.6 is 0 Å². The first-order valence-electron chi connectivity index (χ1n) is 6.03. The van der Waals surface area contributed by atoms with E-state index in [2.05, 4.69) is 13.2 Å². The zero-order valence-electron chi connectivity index (χ0n) is 10.8. The fourth-order valence-corrected chi connectivity index (χ4v) is 1.38. The van der Waals surface area contributed by atoms with Crippen molar-refractivity contribution in [3.63, 3.8) is 0 Å². The lowest BCUT2D eigenvalue weighted by molar-refractivity contribution is 0.0695. The lowest BCUT2D eigenvalue weighted by Crippen LogP contribution is -2.03. The van der Waals surface area contributed by atoms with Gasteiger partial charge in [-0.25, -0.2) is 4.79 Å². The average Bonchev–Trinajstić information content (AvgIpc) is 2.39. The quantitative estimate of drug-likeness (QED) is 0.548. The van der Waals surface area contributed by atoms with Gasteiger partial charge in [-0.05, 0) is 25.0 Å². The van der Waals surface area contributed by atoms with Gasteiger partial charge in [0.1, 0.15) is 11.5 Å². The van der Waals surface area contributed by atoms with E-state index in [-0.39, 0.29) is 5.56 Å². The number of carbonyl (C=O) groups is 1. The molecule has 4 nitrogen and oxygen atoms in total. The number of hydrogen-bond acceptors (Lipinski definition) is 3. The summed E-state index contributed by atoms with van der Waals surface area (Å²) in [6, 6.07) is 4.64. The summed E-state index contributed by atoms with van der Waals surface area (Å²) in [6.07, 6.45) is 4.87. The van der Waals surface area contributed by atoms with Crippen molar-refractivity contribution < 1.29 is 19.4 Å². The summed E-state index contributed by atoms with van der Waals surface area (Å²) in [7, 11) is 0. The van der Waals surface area contributed by atoms with E-state index in [1.807, 2.05) is 0 Å². The van der Waals surface area contributed by atoms with E-state index in [0.29, 0.717) is 37.6 Å². The van der Waals surface area contributed by atoms with Gasteiger partial charge in [0.2, 0.25) is 0 Å². The van der Waals surface area contributed by atoms with Crippen LogP contribution in [0.3, 0.4) is 0 Å². The fourth-order valence-electron chi connectivity index (χ4n) is 1.38. The minimum absolute atomic E-state index is 0.143. The van der Waals surface area contributed by atoms with Crippen molar-refractivity contribution in [2.45, 2.75) is 12.8 Å². The Morgan fingerprint density at radius 1 is 1.05 bits per heavy atom. The first-order valence-corrected chi connectivity index (χ1v) is 6.03. The largest absolute Gasteiger partial charge is 0.493 e. The molecule has 4 heteroatoms. The normalized spacial score (nSPS) is 9.68. The Bertz CT molecular complexity index is 419. The zero-order chi connectivity index (χ0) is 14.1. The Morgan fingerprint density at radius 3 is 1.89 bits per heavy atom. The van der Waals surface area contributed by atoms with E-state index >= 15 is 0 Å². The second-order valence-corrected chi connectivity index (χ2v) is 3.85. The summed E-state index contributed by atoms with van der Waals surface area (Å²) in [5, 5.41) is 9.03. The van der Waals surface area contributed by atoms with Gasteiger partial charge in [0.25, 0.3) is 0 Å². The maximum absolute atomic E-state index is 11.0. The maximum Gasteiger partial charge on any atom is 0.335 e. The highest BCUT2D eigenvalue weighted by molar-refractivity contribution is 5.88. The van der Waals surface area contributed by atoms with Gasteiger partial charge in [0.15, 0.2) is 0 Å². The van der Waals surface area contributed by atoms with Crippen LogP contribution in [-0.2, 0) is 0 Å². The molecule has 0 fully saturated rings. The number of carboxylic acids is 1. The predicted octanol–water partition coefficient (Wildman–Crippen LogP) is 3.29. The monoisotopic (exact) mass is 262 g/mol. The van der Waals surface area contributed by atoms with Crippen molar-refractivity contribution in [3.05, 3.63) is 49.1 Å². The van der Waals surface area contributed by atoms with Crippen molar-refractivity contribution in [2.24, 2.45) is 0 Å². The molecule has 0 bridgehead atoms. The summed E-state index contributed by atoms with van der Waals surface area (Å²) in [5.74, 6) is -0.0477. The molecule has 19 heavy (non-hydrogen) atoms. The van der Waals surface area contributed by atoms with Gasteiger partial charge in [0, 0.05) is 6.07 Å². The molecule has 0 aliphatic rings. The van der Waals surface area contributed by atoms with Gasteiger partial charge in [-0.2, -0.15) is 0 Å². The molecular formula is C15H18O4. The number of rotatable bonds is 9. The van der Waals surface area contributed by atoms with E-state index < -0.39 is 5.97 Å². The van der Waals surface area contributed by atoms with Crippen LogP contribution < -0.4 is 9.47 Å². The molecule has 0 atom stereocenters. The molecule has 0 aromatic heterocycles. The topological polar surface area (TPSA) is 55.8 Å². The van der Waals surface area contributed by atoms with E-state index in [1.54, 1.807) is 18.2 Å². The second kappa shape index (κ2) is 7.97. The van der Waals surface area contributed by atoms with Crippen LogP contribution in [0.15, 0.2) is 43.5 Å². The smallest absolute Gasteiger partial charge is 0.335 e. The average molecular weight is 262 g/mol. The second-order valence-electron chi connectivity index (χ2n) is 3.85. The molecule has 0 aliphatic heterocycles. The van der Waals surface area contributed by atoms with E-state index in [1.165, 1.54) is 12.1 Å². The van der Waals surface area contributed by atoms with Crippen LogP contribution in [-0.4, -0.2) is 24.3 Å². The van der Waals surface area contributed by atoms with Crippen LogP contribution in [0, 0.1) is 0 Å². The molecule has 0 spiro atoms. The summed E-state index contributed by atoms with van der Waals surface area (Å²) in [5.41, 5.74) is 0.143. The minimum Gasteiger partial charge on any atom is -0.493 e. The van der Waals surface area contributed by atoms with Crippen LogP contribution in [0.1, 0.15) is 23.2 Å². The fraction of sp³-hybridized carbons (Fsp3) is 0.267. The van der Waals surface area contributed by atoms with Crippen molar-refractivity contribution >= 4 is 5.97 Å². The third kappa shape index (κ3) is 5.29. The van der Waals surface area contributed by atoms with Gasteiger partial charge in [0.05, 0.1) is 18.8 Å². The predicted molar refractivity (Wildman–Crippen MR) is 74.0 cm³/mol. The summed E-state index contributed by atoms with van der Waals surface area (Å²) in [4.78, 5) is 11.0. The van der Waals surface area contributed by atoms with Gasteiger partial charge in [-0.3, -0.25) is 0 Å². The Morgan fingerprint density at radius 2 is 1.53 bits per heavy atom. The van der Waals surface area contributed by atoms with E-state index in [0.717, 1.165) is 0 Å². The molecule has 0 unspecified atom stereocenters. The summed E-state index contributed by atoms with van der Waals surface area (Å²) in [6.45, 7) is 8.11. The van der Waals surface area contributed by atoms with Crippen LogP contribution in [0.4, 0.5) is 0 Å². The van der Waals surface area contributed by atoms with Crippen molar-refractivity contribution in [1.29, 1.82) is 0 Å². The van der Waals surface area contributed by atoms with Crippen molar-refractivity contribution in [1.82, 2.24) is 0 Å². The number of hydrogen-bond donors (Lipinski definition) is 1. The highest BCUT2D eigenvalue weighted by Gasteiger charge is 2.08. The molecule has 1 N–H and O–H groups in total. The number of benzene rings is 1. The van der Waals surface area contributed by atoms with Crippen LogP contribution in [0.5, 0.6) is 11.5 Å². The molecule has 1 aromatic rings. The third-order valence-corrected chi connectivity index (χ3v) is 2.31. The van der Waals surface area contributed by atoms with Gasteiger partial charge in [-0.1, -0.05) is 12.2 Å². The summed E-state index contributed by atoms with van der Waals surface area (Å²) >= 11 is 0. The van der Waals surface area contributed by atoms with E-state index in [4.69, 9.17) is 14.6 Å². The Hall–Kier alpha value is -2.23. The Kier molecular flexibility index (Phi) is 6.22. The highest BCUT2D eigenvalue weighted by Crippen LogP contribution is 2.23. The molecule has 102 valence electrons. The molecule has 0 saturated carbocycles. The molecule has 0 aliphatic carbocycles. The van der Waals surface area contributed by atoms with Crippen molar-refractivity contribution in [3.8, 4) is 11.5 Å². The molecule has 1 aromatic carbocycles. The van der Waals surface area contributed by atoms with Gasteiger partial charge in [-0.15, -0.1) is 13.2 Å². The zero-order valence-corrected chi connectivity index (χ0v) is 10.8. The first kappa shape index (κ1) is 14.8. The third-order valence-electron chi connectivity index (χ3n) is 2.31. The molecule has 1 rings (SSSR count). The number of aromatic carboxylic acids is 1. The Labute approximate surface area is 113 Å². The highest BCUT2D eigenvalue weighted by atomic mass is 16.5. The molecule has 0 radical (unpaired) electrons. The SMILES string of the molecule is C=CCCOc1cc(OCCC=C)cc(C(=O)O)c1. The summed E-state index contributed by atoms with van der Waals surface area (Å²) < 4.78 is 10.9. The molecular weight excluding hydrogens is 244 g/mol. The first-order chi connectivity index (χ1) is 9.17. The maximum atomic E-state index is 11.0. The van der Waals surface area contributed by atoms with Crippen LogP contribution in [0.2, 0.25) is 0 Å². The number of ether oxygens (including phenoxy) is 2. The number of carboxylic acid groups (broad SMARTS) is 1. The lowest BCUT2D eigenvalue weighted by Gasteiger charge is -2.10. The standard InChI is InChI=1S/C15H18O4/c1-3-5-7-18-13-9-12(15(16)17)10-14(11-13)19-8-6-4-2/h3-4,9-11H,1-2,5-8H2,(H,16,17). The van der Waals surface area contributed by atoms with Gasteiger partial charge < -0.3 is 14.6 Å². The van der Waals surface area contributed by atoms with E-state index in [9.17, 15) is 4.79 Å². The molecule has 0 saturated heterocycles. The molecule has 0 amide bonds. The van der Waals surface area contributed by atoms with Crippen molar-refractivity contribution in [2.75, 3.05) is 13.2 Å². The minimum atomic E-state index is -1.01. The Balaban J connectivity index is 2.80. The molecule has 0 heterocycles. The lowest BCUT2D eigenvalue weighted by atomic mass is 10.2.